The second-order valence-corrected chi connectivity index (χ2v) is 5.45. The Kier molecular flexibility index (Phi) is 5.55. The SMILES string of the molecule is N[C@@H](COCc1ccccc1)COc1ccc(-c2c[nH]nn2)cc1. The molecule has 3 aromatic rings. The molecule has 0 amide bonds. The first kappa shape index (κ1) is 16.2. The predicted octanol–water partition coefficient (Wildman–Crippen LogP) is 2.39. The monoisotopic (exact) mass is 324 g/mol. The van der Waals surface area contributed by atoms with E-state index in [4.69, 9.17) is 15.2 Å². The molecule has 0 aliphatic heterocycles. The third kappa shape index (κ3) is 4.65. The molecule has 0 unspecified atom stereocenters. The minimum atomic E-state index is -0.177. The summed E-state index contributed by atoms with van der Waals surface area (Å²) in [6.45, 7) is 1.41. The maximum atomic E-state index is 6.02. The molecule has 0 saturated heterocycles. The highest BCUT2D eigenvalue weighted by Gasteiger charge is 2.06. The van der Waals surface area contributed by atoms with Crippen molar-refractivity contribution in [3.05, 3.63) is 66.4 Å². The van der Waals surface area contributed by atoms with Crippen molar-refractivity contribution in [2.75, 3.05) is 13.2 Å². The molecule has 1 aromatic heterocycles. The highest BCUT2D eigenvalue weighted by atomic mass is 16.5. The summed E-state index contributed by atoms with van der Waals surface area (Å²) in [5.41, 5.74) is 8.93. The van der Waals surface area contributed by atoms with Gasteiger partial charge in [0.25, 0.3) is 0 Å². The van der Waals surface area contributed by atoms with E-state index in [0.29, 0.717) is 19.8 Å². The standard InChI is InChI=1S/C18H20N4O2/c19-16(12-23-11-14-4-2-1-3-5-14)13-24-17-8-6-15(7-9-17)18-10-20-22-21-18/h1-10,16H,11-13,19H2,(H,20,21,22)/t16-/m0/s1. The number of aromatic amines is 1. The third-order valence-corrected chi connectivity index (χ3v) is 3.47. The zero-order chi connectivity index (χ0) is 16.6. The first-order valence-electron chi connectivity index (χ1n) is 7.78. The largest absolute Gasteiger partial charge is 0.492 e. The van der Waals surface area contributed by atoms with Crippen LogP contribution in [0.4, 0.5) is 0 Å². The van der Waals surface area contributed by atoms with Gasteiger partial charge in [-0.15, -0.1) is 5.10 Å². The fraction of sp³-hybridized carbons (Fsp3) is 0.222. The lowest BCUT2D eigenvalue weighted by Crippen LogP contribution is -2.32. The molecule has 124 valence electrons. The average molecular weight is 324 g/mol. The van der Waals surface area contributed by atoms with Crippen molar-refractivity contribution in [3.8, 4) is 17.0 Å². The van der Waals surface area contributed by atoms with Gasteiger partial charge in [0, 0.05) is 11.8 Å². The molecule has 2 aromatic carbocycles. The molecule has 0 bridgehead atoms. The van der Waals surface area contributed by atoms with Gasteiger partial charge in [0.1, 0.15) is 18.1 Å². The van der Waals surface area contributed by atoms with E-state index in [1.165, 1.54) is 0 Å². The second-order valence-electron chi connectivity index (χ2n) is 5.45. The van der Waals surface area contributed by atoms with Crippen LogP contribution >= 0.6 is 0 Å². The Morgan fingerprint density at radius 3 is 2.50 bits per heavy atom. The predicted molar refractivity (Wildman–Crippen MR) is 91.4 cm³/mol. The molecule has 6 heteroatoms. The Morgan fingerprint density at radius 2 is 1.79 bits per heavy atom. The summed E-state index contributed by atoms with van der Waals surface area (Å²) in [6, 6.07) is 17.5. The van der Waals surface area contributed by atoms with E-state index in [1.807, 2.05) is 54.6 Å². The number of nitrogens with zero attached hydrogens (tertiary/aromatic N) is 2. The molecule has 1 heterocycles. The molecule has 0 radical (unpaired) electrons. The van der Waals surface area contributed by atoms with Crippen LogP contribution in [0.25, 0.3) is 11.3 Å². The summed E-state index contributed by atoms with van der Waals surface area (Å²) < 4.78 is 11.3. The fourth-order valence-corrected chi connectivity index (χ4v) is 2.22. The zero-order valence-electron chi connectivity index (χ0n) is 13.3. The molecule has 0 spiro atoms. The molecule has 3 rings (SSSR count). The first-order chi connectivity index (χ1) is 11.8. The molecule has 0 saturated carbocycles. The maximum Gasteiger partial charge on any atom is 0.119 e. The van der Waals surface area contributed by atoms with Gasteiger partial charge in [0.2, 0.25) is 0 Å². The highest BCUT2D eigenvalue weighted by Crippen LogP contribution is 2.19. The molecular formula is C18H20N4O2. The summed E-state index contributed by atoms with van der Waals surface area (Å²) in [5.74, 6) is 0.765. The number of ether oxygens (including phenoxy) is 2. The minimum absolute atomic E-state index is 0.177. The Balaban J connectivity index is 1.40. The van der Waals surface area contributed by atoms with E-state index < -0.39 is 0 Å². The van der Waals surface area contributed by atoms with Crippen LogP contribution in [0.15, 0.2) is 60.8 Å². The molecule has 0 fully saturated rings. The Bertz CT molecular complexity index is 715. The van der Waals surface area contributed by atoms with Crippen molar-refractivity contribution in [3.63, 3.8) is 0 Å². The second kappa shape index (κ2) is 8.24. The zero-order valence-corrected chi connectivity index (χ0v) is 13.3. The highest BCUT2D eigenvalue weighted by molar-refractivity contribution is 5.58. The summed E-state index contributed by atoms with van der Waals surface area (Å²) in [5, 5.41) is 10.4. The van der Waals surface area contributed by atoms with Crippen LogP contribution in [0.1, 0.15) is 5.56 Å². The van der Waals surface area contributed by atoms with E-state index in [-0.39, 0.29) is 6.04 Å². The Labute approximate surface area is 140 Å². The minimum Gasteiger partial charge on any atom is -0.492 e. The van der Waals surface area contributed by atoms with Gasteiger partial charge in [0.15, 0.2) is 0 Å². The van der Waals surface area contributed by atoms with Crippen LogP contribution in [0.3, 0.4) is 0 Å². The van der Waals surface area contributed by atoms with E-state index >= 15 is 0 Å². The van der Waals surface area contributed by atoms with E-state index in [9.17, 15) is 0 Å². The molecule has 3 N–H and O–H groups in total. The van der Waals surface area contributed by atoms with Gasteiger partial charge in [-0.25, -0.2) is 0 Å². The number of aromatic nitrogens is 3. The van der Waals surface area contributed by atoms with Crippen molar-refractivity contribution in [2.24, 2.45) is 5.73 Å². The van der Waals surface area contributed by atoms with Crippen molar-refractivity contribution in [1.82, 2.24) is 15.4 Å². The maximum absolute atomic E-state index is 6.02. The van der Waals surface area contributed by atoms with Crippen molar-refractivity contribution in [2.45, 2.75) is 12.6 Å². The van der Waals surface area contributed by atoms with Gasteiger partial charge in [-0.05, 0) is 29.8 Å². The Hall–Kier alpha value is -2.70. The van der Waals surface area contributed by atoms with Crippen LogP contribution in [-0.4, -0.2) is 34.7 Å². The van der Waals surface area contributed by atoms with Gasteiger partial charge in [-0.3, -0.25) is 5.10 Å². The number of rotatable bonds is 8. The number of nitrogens with two attached hydrogens (primary N) is 1. The molecule has 1 atom stereocenters. The third-order valence-electron chi connectivity index (χ3n) is 3.47. The smallest absolute Gasteiger partial charge is 0.119 e. The lowest BCUT2D eigenvalue weighted by atomic mass is 10.2. The Morgan fingerprint density at radius 1 is 1.00 bits per heavy atom. The van der Waals surface area contributed by atoms with Crippen molar-refractivity contribution >= 4 is 0 Å². The topological polar surface area (TPSA) is 86.0 Å². The van der Waals surface area contributed by atoms with E-state index in [1.54, 1.807) is 6.20 Å². The van der Waals surface area contributed by atoms with Crippen molar-refractivity contribution < 1.29 is 9.47 Å². The summed E-state index contributed by atoms with van der Waals surface area (Å²) >= 11 is 0. The number of H-pyrrole nitrogens is 1. The lowest BCUT2D eigenvalue weighted by molar-refractivity contribution is 0.0935. The molecule has 24 heavy (non-hydrogen) atoms. The molecule has 0 aliphatic rings. The average Bonchev–Trinajstić information content (AvgIpc) is 3.16. The van der Waals surface area contributed by atoms with Crippen LogP contribution < -0.4 is 10.5 Å². The number of hydrogen-bond acceptors (Lipinski definition) is 5. The van der Waals surface area contributed by atoms with Gasteiger partial charge in [0.05, 0.1) is 19.3 Å². The van der Waals surface area contributed by atoms with Crippen LogP contribution in [0, 0.1) is 0 Å². The summed E-state index contributed by atoms with van der Waals surface area (Å²) in [6.07, 6.45) is 1.75. The molecule has 6 nitrogen and oxygen atoms in total. The number of benzene rings is 2. The van der Waals surface area contributed by atoms with E-state index in [0.717, 1.165) is 22.6 Å². The van der Waals surface area contributed by atoms with Crippen LogP contribution in [0.2, 0.25) is 0 Å². The van der Waals surface area contributed by atoms with Crippen LogP contribution in [-0.2, 0) is 11.3 Å². The van der Waals surface area contributed by atoms with E-state index in [2.05, 4.69) is 15.4 Å². The molecular weight excluding hydrogens is 304 g/mol. The lowest BCUT2D eigenvalue weighted by Gasteiger charge is -2.14. The van der Waals surface area contributed by atoms with Gasteiger partial charge in [-0.1, -0.05) is 35.5 Å². The summed E-state index contributed by atoms with van der Waals surface area (Å²) in [7, 11) is 0. The first-order valence-corrected chi connectivity index (χ1v) is 7.78. The fourth-order valence-electron chi connectivity index (χ4n) is 2.22. The summed E-state index contributed by atoms with van der Waals surface area (Å²) in [4.78, 5) is 0. The number of nitrogens with one attached hydrogen (secondary N) is 1. The van der Waals surface area contributed by atoms with Gasteiger partial charge < -0.3 is 15.2 Å². The van der Waals surface area contributed by atoms with Crippen LogP contribution in [0.5, 0.6) is 5.75 Å². The normalized spacial score (nSPS) is 12.0. The molecule has 0 aliphatic carbocycles. The van der Waals surface area contributed by atoms with Crippen molar-refractivity contribution in [1.29, 1.82) is 0 Å². The van der Waals surface area contributed by atoms with Gasteiger partial charge >= 0.3 is 0 Å². The number of hydrogen-bond donors (Lipinski definition) is 2. The van der Waals surface area contributed by atoms with Gasteiger partial charge in [-0.2, -0.15) is 0 Å². The quantitative estimate of drug-likeness (QED) is 0.664.